The van der Waals surface area contributed by atoms with Crippen molar-refractivity contribution in [1.82, 2.24) is 0 Å². The summed E-state index contributed by atoms with van der Waals surface area (Å²) in [6.07, 6.45) is -0.744. The second-order valence-corrected chi connectivity index (χ2v) is 3.67. The highest BCUT2D eigenvalue weighted by Crippen LogP contribution is 2.24. The standard InChI is InChI=1S/C9H15NO2/c1-6-4-5-7(12-6)8(11)9(2,3)10/h4-5,8,11H,10H2,1-3H3. The summed E-state index contributed by atoms with van der Waals surface area (Å²) in [6, 6.07) is 3.55. The van der Waals surface area contributed by atoms with Crippen LogP contribution in [0.2, 0.25) is 0 Å². The summed E-state index contributed by atoms with van der Waals surface area (Å²) >= 11 is 0. The number of hydrogen-bond acceptors (Lipinski definition) is 3. The zero-order valence-corrected chi connectivity index (χ0v) is 7.66. The molecule has 68 valence electrons. The van der Waals surface area contributed by atoms with Crippen molar-refractivity contribution in [2.45, 2.75) is 32.4 Å². The lowest BCUT2D eigenvalue weighted by Gasteiger charge is -2.23. The van der Waals surface area contributed by atoms with Crippen molar-refractivity contribution in [1.29, 1.82) is 0 Å². The van der Waals surface area contributed by atoms with Crippen LogP contribution in [0.3, 0.4) is 0 Å². The highest BCUT2D eigenvalue weighted by molar-refractivity contribution is 5.11. The van der Waals surface area contributed by atoms with Crippen molar-refractivity contribution < 1.29 is 9.52 Å². The molecule has 0 amide bonds. The average molecular weight is 169 g/mol. The maximum atomic E-state index is 9.65. The molecule has 0 aliphatic rings. The molecule has 0 bridgehead atoms. The van der Waals surface area contributed by atoms with E-state index in [0.717, 1.165) is 5.76 Å². The minimum Gasteiger partial charge on any atom is -0.464 e. The van der Waals surface area contributed by atoms with Gasteiger partial charge in [-0.3, -0.25) is 0 Å². The molecule has 0 aliphatic carbocycles. The highest BCUT2D eigenvalue weighted by atomic mass is 16.4. The van der Waals surface area contributed by atoms with Gasteiger partial charge in [-0.05, 0) is 32.9 Å². The Morgan fingerprint density at radius 3 is 2.42 bits per heavy atom. The van der Waals surface area contributed by atoms with E-state index in [2.05, 4.69) is 0 Å². The van der Waals surface area contributed by atoms with E-state index >= 15 is 0 Å². The molecule has 1 aromatic rings. The summed E-state index contributed by atoms with van der Waals surface area (Å²) in [4.78, 5) is 0. The van der Waals surface area contributed by atoms with E-state index in [9.17, 15) is 5.11 Å². The molecular formula is C9H15NO2. The molecule has 1 rings (SSSR count). The summed E-state index contributed by atoms with van der Waals surface area (Å²) < 4.78 is 5.24. The predicted octanol–water partition coefficient (Wildman–Crippen LogP) is 1.36. The number of rotatable bonds is 2. The third kappa shape index (κ3) is 1.87. The molecule has 3 N–H and O–H groups in total. The van der Waals surface area contributed by atoms with Crippen LogP contribution in [0.4, 0.5) is 0 Å². The van der Waals surface area contributed by atoms with E-state index in [1.54, 1.807) is 19.9 Å². The molecule has 0 aliphatic heterocycles. The number of nitrogens with two attached hydrogens (primary N) is 1. The van der Waals surface area contributed by atoms with Crippen LogP contribution < -0.4 is 5.73 Å². The number of hydrogen-bond donors (Lipinski definition) is 2. The zero-order valence-electron chi connectivity index (χ0n) is 7.66. The van der Waals surface area contributed by atoms with Gasteiger partial charge in [-0.1, -0.05) is 0 Å². The predicted molar refractivity (Wildman–Crippen MR) is 46.7 cm³/mol. The smallest absolute Gasteiger partial charge is 0.134 e. The lowest BCUT2D eigenvalue weighted by molar-refractivity contribution is 0.0817. The van der Waals surface area contributed by atoms with Gasteiger partial charge in [0.1, 0.15) is 17.6 Å². The Labute approximate surface area is 72.2 Å². The maximum Gasteiger partial charge on any atom is 0.134 e. The highest BCUT2D eigenvalue weighted by Gasteiger charge is 2.26. The minimum atomic E-state index is -0.744. The average Bonchev–Trinajstić information content (AvgIpc) is 2.32. The van der Waals surface area contributed by atoms with Gasteiger partial charge in [-0.2, -0.15) is 0 Å². The first-order valence-corrected chi connectivity index (χ1v) is 3.94. The van der Waals surface area contributed by atoms with Gasteiger partial charge >= 0.3 is 0 Å². The molecule has 0 spiro atoms. The van der Waals surface area contributed by atoms with Crippen molar-refractivity contribution in [3.63, 3.8) is 0 Å². The quantitative estimate of drug-likeness (QED) is 0.702. The second kappa shape index (κ2) is 2.92. The summed E-state index contributed by atoms with van der Waals surface area (Å²) in [5.41, 5.74) is 5.05. The molecule has 0 fully saturated rings. The molecule has 1 heterocycles. The first kappa shape index (κ1) is 9.29. The Balaban J connectivity index is 2.85. The van der Waals surface area contributed by atoms with Gasteiger partial charge in [0.05, 0.1) is 0 Å². The van der Waals surface area contributed by atoms with Gasteiger partial charge in [-0.15, -0.1) is 0 Å². The SMILES string of the molecule is Cc1ccc(C(O)C(C)(C)N)o1. The third-order valence-corrected chi connectivity index (χ3v) is 1.74. The number of aliphatic hydroxyl groups is 1. The summed E-state index contributed by atoms with van der Waals surface area (Å²) in [5, 5.41) is 9.65. The summed E-state index contributed by atoms with van der Waals surface area (Å²) in [5.74, 6) is 1.31. The van der Waals surface area contributed by atoms with Crippen LogP contribution in [0, 0.1) is 6.92 Å². The Morgan fingerprint density at radius 2 is 2.08 bits per heavy atom. The van der Waals surface area contributed by atoms with Gasteiger partial charge in [-0.25, -0.2) is 0 Å². The molecule has 0 saturated heterocycles. The monoisotopic (exact) mass is 169 g/mol. The molecule has 1 unspecified atom stereocenters. The fourth-order valence-corrected chi connectivity index (χ4v) is 0.967. The van der Waals surface area contributed by atoms with Gasteiger partial charge in [0.15, 0.2) is 0 Å². The summed E-state index contributed by atoms with van der Waals surface area (Å²) in [7, 11) is 0. The molecule has 12 heavy (non-hydrogen) atoms. The van der Waals surface area contributed by atoms with E-state index in [0.29, 0.717) is 5.76 Å². The molecule has 3 nitrogen and oxygen atoms in total. The molecule has 3 heteroatoms. The number of aryl methyl sites for hydroxylation is 1. The van der Waals surface area contributed by atoms with Crippen molar-refractivity contribution >= 4 is 0 Å². The van der Waals surface area contributed by atoms with Crippen molar-refractivity contribution in [3.8, 4) is 0 Å². The number of aliphatic hydroxyl groups excluding tert-OH is 1. The van der Waals surface area contributed by atoms with Gasteiger partial charge in [0, 0.05) is 5.54 Å². The van der Waals surface area contributed by atoms with Gasteiger partial charge < -0.3 is 15.3 Å². The van der Waals surface area contributed by atoms with Gasteiger partial charge in [0.2, 0.25) is 0 Å². The molecule has 0 aromatic carbocycles. The maximum absolute atomic E-state index is 9.65. The second-order valence-electron chi connectivity index (χ2n) is 3.67. The molecule has 0 radical (unpaired) electrons. The Kier molecular flexibility index (Phi) is 2.26. The van der Waals surface area contributed by atoms with Crippen LogP contribution in [-0.2, 0) is 0 Å². The lowest BCUT2D eigenvalue weighted by atomic mass is 9.97. The molecule has 1 atom stereocenters. The van der Waals surface area contributed by atoms with E-state index in [1.165, 1.54) is 0 Å². The third-order valence-electron chi connectivity index (χ3n) is 1.74. The summed E-state index contributed by atoms with van der Waals surface area (Å²) in [6.45, 7) is 5.35. The van der Waals surface area contributed by atoms with Crippen molar-refractivity contribution in [3.05, 3.63) is 23.7 Å². The molecular weight excluding hydrogens is 154 g/mol. The van der Waals surface area contributed by atoms with Crippen LogP contribution in [0.15, 0.2) is 16.5 Å². The zero-order chi connectivity index (χ0) is 9.35. The van der Waals surface area contributed by atoms with Crippen LogP contribution in [0.5, 0.6) is 0 Å². The van der Waals surface area contributed by atoms with Crippen molar-refractivity contribution in [2.24, 2.45) is 5.73 Å². The van der Waals surface area contributed by atoms with E-state index in [1.807, 2.05) is 13.0 Å². The van der Waals surface area contributed by atoms with Crippen LogP contribution in [0.25, 0.3) is 0 Å². The lowest BCUT2D eigenvalue weighted by Crippen LogP contribution is -2.39. The van der Waals surface area contributed by atoms with E-state index < -0.39 is 11.6 Å². The fourth-order valence-electron chi connectivity index (χ4n) is 0.967. The first-order valence-electron chi connectivity index (χ1n) is 3.94. The minimum absolute atomic E-state index is 0.528. The fraction of sp³-hybridized carbons (Fsp3) is 0.556. The Morgan fingerprint density at radius 1 is 1.50 bits per heavy atom. The largest absolute Gasteiger partial charge is 0.464 e. The first-order chi connectivity index (χ1) is 5.41. The van der Waals surface area contributed by atoms with Crippen LogP contribution in [-0.4, -0.2) is 10.6 Å². The van der Waals surface area contributed by atoms with Gasteiger partial charge in [0.25, 0.3) is 0 Å². The topological polar surface area (TPSA) is 59.4 Å². The van der Waals surface area contributed by atoms with Crippen LogP contribution in [0.1, 0.15) is 31.5 Å². The Hall–Kier alpha value is -0.800. The normalized spacial score (nSPS) is 14.8. The molecule has 1 aromatic heterocycles. The molecule has 0 saturated carbocycles. The Bertz CT molecular complexity index is 260. The van der Waals surface area contributed by atoms with E-state index in [-0.39, 0.29) is 0 Å². The van der Waals surface area contributed by atoms with Crippen molar-refractivity contribution in [2.75, 3.05) is 0 Å². The van der Waals surface area contributed by atoms with Crippen LogP contribution >= 0.6 is 0 Å². The number of furan rings is 1. The van der Waals surface area contributed by atoms with E-state index in [4.69, 9.17) is 10.2 Å².